The van der Waals surface area contributed by atoms with Crippen molar-refractivity contribution in [3.8, 4) is 0 Å². The lowest BCUT2D eigenvalue weighted by Gasteiger charge is -2.33. The molecule has 0 aliphatic carbocycles. The van der Waals surface area contributed by atoms with Crippen molar-refractivity contribution in [1.29, 1.82) is 0 Å². The van der Waals surface area contributed by atoms with E-state index in [0.717, 1.165) is 38.5 Å². The maximum Gasteiger partial charge on any atom is 0.208 e. The first-order chi connectivity index (χ1) is 8.71. The van der Waals surface area contributed by atoms with Gasteiger partial charge in [0.05, 0.1) is 12.6 Å². The van der Waals surface area contributed by atoms with E-state index in [0.29, 0.717) is 12.5 Å². The zero-order valence-electron chi connectivity index (χ0n) is 11.7. The number of piperidine rings is 1. The molecule has 1 atom stereocenters. The van der Waals surface area contributed by atoms with Gasteiger partial charge in [-0.25, -0.2) is 10.8 Å². The maximum atomic E-state index is 5.55. The standard InChI is InChI=1S/C12H26N4O2/c1-10(8-17-2)14-12(15-13)16-6-4-11(5-7-16)9-18-3/h10-11H,4-9,13H2,1-3H3,(H,14,15). The lowest BCUT2D eigenvalue weighted by Crippen LogP contribution is -2.49. The number of hydrogen-bond donors (Lipinski definition) is 2. The third kappa shape index (κ3) is 4.80. The van der Waals surface area contributed by atoms with Crippen LogP contribution in [0, 0.1) is 5.92 Å². The van der Waals surface area contributed by atoms with Gasteiger partial charge in [0.25, 0.3) is 0 Å². The summed E-state index contributed by atoms with van der Waals surface area (Å²) in [4.78, 5) is 6.72. The highest BCUT2D eigenvalue weighted by Gasteiger charge is 2.21. The molecule has 3 N–H and O–H groups in total. The van der Waals surface area contributed by atoms with Crippen LogP contribution in [-0.4, -0.2) is 57.4 Å². The SMILES string of the molecule is COCC1CCN(C(=NC(C)COC)NN)CC1. The third-order valence-corrected chi connectivity index (χ3v) is 3.20. The van der Waals surface area contributed by atoms with Crippen molar-refractivity contribution >= 4 is 5.96 Å². The predicted molar refractivity (Wildman–Crippen MR) is 72.3 cm³/mol. The summed E-state index contributed by atoms with van der Waals surface area (Å²) in [6, 6.07) is 0.109. The molecule has 1 saturated heterocycles. The quantitative estimate of drug-likeness (QED) is 0.319. The smallest absolute Gasteiger partial charge is 0.208 e. The molecule has 1 heterocycles. The van der Waals surface area contributed by atoms with Gasteiger partial charge in [-0.05, 0) is 25.7 Å². The van der Waals surface area contributed by atoms with Gasteiger partial charge < -0.3 is 14.4 Å². The van der Waals surface area contributed by atoms with Gasteiger partial charge in [0.1, 0.15) is 0 Å². The molecule has 1 aliphatic heterocycles. The fourth-order valence-electron chi connectivity index (χ4n) is 2.24. The minimum Gasteiger partial charge on any atom is -0.384 e. The average Bonchev–Trinajstić information content (AvgIpc) is 2.38. The molecule has 106 valence electrons. The first kappa shape index (κ1) is 15.2. The van der Waals surface area contributed by atoms with Crippen LogP contribution in [0.4, 0.5) is 0 Å². The molecule has 6 heteroatoms. The van der Waals surface area contributed by atoms with Crippen LogP contribution < -0.4 is 11.3 Å². The van der Waals surface area contributed by atoms with Crippen LogP contribution in [0.1, 0.15) is 19.8 Å². The molecule has 1 aliphatic rings. The van der Waals surface area contributed by atoms with E-state index in [9.17, 15) is 0 Å². The van der Waals surface area contributed by atoms with Crippen LogP contribution in [0.15, 0.2) is 4.99 Å². The summed E-state index contributed by atoms with van der Waals surface area (Å²) in [5.41, 5.74) is 2.70. The summed E-state index contributed by atoms with van der Waals surface area (Å²) in [7, 11) is 3.44. The molecule has 0 saturated carbocycles. The monoisotopic (exact) mass is 258 g/mol. The molecule has 0 aromatic rings. The van der Waals surface area contributed by atoms with E-state index < -0.39 is 0 Å². The van der Waals surface area contributed by atoms with Gasteiger partial charge in [0, 0.05) is 33.9 Å². The van der Waals surface area contributed by atoms with Gasteiger partial charge in [-0.2, -0.15) is 0 Å². The number of methoxy groups -OCH3 is 2. The molecule has 0 radical (unpaired) electrons. The predicted octanol–water partition coefficient (Wildman–Crippen LogP) is 0.199. The van der Waals surface area contributed by atoms with Crippen LogP contribution in [0.25, 0.3) is 0 Å². The maximum absolute atomic E-state index is 5.55. The highest BCUT2D eigenvalue weighted by Crippen LogP contribution is 2.17. The lowest BCUT2D eigenvalue weighted by molar-refractivity contribution is 0.118. The molecule has 0 aromatic heterocycles. The summed E-state index contributed by atoms with van der Waals surface area (Å²) >= 11 is 0. The molecule has 0 aromatic carbocycles. The van der Waals surface area contributed by atoms with Crippen molar-refractivity contribution in [2.24, 2.45) is 16.8 Å². The Morgan fingerprint density at radius 1 is 1.39 bits per heavy atom. The number of aliphatic imine (C=N–C) groups is 1. The largest absolute Gasteiger partial charge is 0.384 e. The number of nitrogens with two attached hydrogens (primary N) is 1. The van der Waals surface area contributed by atoms with Gasteiger partial charge in [-0.1, -0.05) is 0 Å². The zero-order chi connectivity index (χ0) is 13.4. The number of guanidine groups is 1. The van der Waals surface area contributed by atoms with Crippen molar-refractivity contribution in [2.75, 3.05) is 40.5 Å². The topological polar surface area (TPSA) is 72.1 Å². The van der Waals surface area contributed by atoms with E-state index in [1.54, 1.807) is 14.2 Å². The summed E-state index contributed by atoms with van der Waals surface area (Å²) in [5, 5.41) is 0. The minimum absolute atomic E-state index is 0.109. The van der Waals surface area contributed by atoms with Crippen molar-refractivity contribution in [1.82, 2.24) is 10.3 Å². The summed E-state index contributed by atoms with van der Waals surface area (Å²) < 4.78 is 10.3. The van der Waals surface area contributed by atoms with Crippen LogP contribution in [0.2, 0.25) is 0 Å². The molecule has 1 fully saturated rings. The Morgan fingerprint density at radius 2 is 2.06 bits per heavy atom. The Hall–Kier alpha value is -0.850. The van der Waals surface area contributed by atoms with Crippen LogP contribution in [0.3, 0.4) is 0 Å². The average molecular weight is 258 g/mol. The molecule has 1 rings (SSSR count). The van der Waals surface area contributed by atoms with Gasteiger partial charge in [0.15, 0.2) is 0 Å². The molecule has 1 unspecified atom stereocenters. The van der Waals surface area contributed by atoms with E-state index in [2.05, 4.69) is 15.3 Å². The van der Waals surface area contributed by atoms with Crippen molar-refractivity contribution in [3.05, 3.63) is 0 Å². The van der Waals surface area contributed by atoms with Crippen LogP contribution in [0.5, 0.6) is 0 Å². The zero-order valence-corrected chi connectivity index (χ0v) is 11.7. The molecule has 0 spiro atoms. The fraction of sp³-hybridized carbons (Fsp3) is 0.917. The summed E-state index contributed by atoms with van der Waals surface area (Å²) in [6.07, 6.45) is 2.24. The fourth-order valence-corrected chi connectivity index (χ4v) is 2.24. The normalized spacial score (nSPS) is 20.0. The van der Waals surface area contributed by atoms with Gasteiger partial charge >= 0.3 is 0 Å². The Morgan fingerprint density at radius 3 is 2.56 bits per heavy atom. The first-order valence-corrected chi connectivity index (χ1v) is 6.48. The number of nitrogens with zero attached hydrogens (tertiary/aromatic N) is 2. The molecule has 18 heavy (non-hydrogen) atoms. The number of ether oxygens (including phenoxy) is 2. The molecule has 0 amide bonds. The first-order valence-electron chi connectivity index (χ1n) is 6.48. The molecule has 6 nitrogen and oxygen atoms in total. The van der Waals surface area contributed by atoms with E-state index in [1.807, 2.05) is 6.92 Å². The highest BCUT2D eigenvalue weighted by atomic mass is 16.5. The Balaban J connectivity index is 2.47. The van der Waals surface area contributed by atoms with Gasteiger partial charge in [0.2, 0.25) is 5.96 Å². The number of rotatable bonds is 5. The van der Waals surface area contributed by atoms with Gasteiger partial charge in [-0.3, -0.25) is 5.43 Å². The molecular weight excluding hydrogens is 232 g/mol. The van der Waals surface area contributed by atoms with Crippen molar-refractivity contribution in [3.63, 3.8) is 0 Å². The number of likely N-dealkylation sites (tertiary alicyclic amines) is 1. The second-order valence-corrected chi connectivity index (χ2v) is 4.79. The number of hydrazine groups is 1. The van der Waals surface area contributed by atoms with Gasteiger partial charge in [-0.15, -0.1) is 0 Å². The lowest BCUT2D eigenvalue weighted by atomic mass is 9.98. The Bertz CT molecular complexity index is 252. The second-order valence-electron chi connectivity index (χ2n) is 4.79. The van der Waals surface area contributed by atoms with E-state index in [1.165, 1.54) is 0 Å². The van der Waals surface area contributed by atoms with E-state index in [4.69, 9.17) is 15.3 Å². The van der Waals surface area contributed by atoms with Crippen molar-refractivity contribution in [2.45, 2.75) is 25.8 Å². The van der Waals surface area contributed by atoms with Crippen LogP contribution in [-0.2, 0) is 9.47 Å². The van der Waals surface area contributed by atoms with Crippen molar-refractivity contribution < 1.29 is 9.47 Å². The number of hydrogen-bond acceptors (Lipinski definition) is 4. The third-order valence-electron chi connectivity index (χ3n) is 3.20. The molecular formula is C12H26N4O2. The Kier molecular flexibility index (Phi) is 7.00. The Labute approximate surface area is 109 Å². The number of nitrogens with one attached hydrogen (secondary N) is 1. The summed E-state index contributed by atoms with van der Waals surface area (Å²) in [6.45, 7) is 5.40. The van der Waals surface area contributed by atoms with E-state index in [-0.39, 0.29) is 6.04 Å². The summed E-state index contributed by atoms with van der Waals surface area (Å²) in [5.74, 6) is 6.97. The second kappa shape index (κ2) is 8.29. The molecule has 0 bridgehead atoms. The van der Waals surface area contributed by atoms with Crippen LogP contribution >= 0.6 is 0 Å². The highest BCUT2D eigenvalue weighted by molar-refractivity contribution is 5.79. The van der Waals surface area contributed by atoms with E-state index >= 15 is 0 Å². The minimum atomic E-state index is 0.109.